The molecule has 0 spiro atoms. The van der Waals surface area contributed by atoms with Crippen LogP contribution < -0.4 is 0 Å². The van der Waals surface area contributed by atoms with Crippen LogP contribution in [0.1, 0.15) is 6.92 Å². The molecule has 4 heteroatoms. The molecule has 0 aliphatic heterocycles. The third-order valence-electron chi connectivity index (χ3n) is 1.11. The summed E-state index contributed by atoms with van der Waals surface area (Å²) in [6.07, 6.45) is 1.48. The monoisotopic (exact) mass is 164 g/mol. The highest BCUT2D eigenvalue weighted by Gasteiger charge is 2.09. The van der Waals surface area contributed by atoms with Gasteiger partial charge in [0.2, 0.25) is 9.04 Å². The lowest BCUT2D eigenvalue weighted by molar-refractivity contribution is 0.185. The van der Waals surface area contributed by atoms with Gasteiger partial charge in [0.15, 0.2) is 0 Å². The molecule has 10 heavy (non-hydrogen) atoms. The summed E-state index contributed by atoms with van der Waals surface area (Å²) in [6.45, 7) is 2.76. The molecule has 0 bridgehead atoms. The molecule has 0 saturated heterocycles. The summed E-state index contributed by atoms with van der Waals surface area (Å²) in [5.74, 6) is 0. The molecule has 0 heterocycles. The summed E-state index contributed by atoms with van der Waals surface area (Å²) in [4.78, 5) is 0. The van der Waals surface area contributed by atoms with Crippen LogP contribution in [0.4, 0.5) is 0 Å². The molecule has 0 unspecified atom stereocenters. The molecule has 0 aromatic carbocycles. The number of methoxy groups -OCH3 is 2. The van der Waals surface area contributed by atoms with E-state index < -0.39 is 9.04 Å². The maximum atomic E-state index is 5.41. The lowest BCUT2D eigenvalue weighted by atomic mass is 10.9. The maximum absolute atomic E-state index is 5.41. The second-order valence-corrected chi connectivity index (χ2v) is 4.23. The first kappa shape index (κ1) is 10.1. The van der Waals surface area contributed by atoms with Gasteiger partial charge >= 0.3 is 0 Å². The standard InChI is InChI=1S/C6H16O3Si/c1-4-9-10(5-7-2)6-8-3/h10H,4-6H2,1-3H3. The quantitative estimate of drug-likeness (QED) is 0.522. The summed E-state index contributed by atoms with van der Waals surface area (Å²) in [5.41, 5.74) is 0. The van der Waals surface area contributed by atoms with Crippen molar-refractivity contribution in [1.82, 2.24) is 0 Å². The van der Waals surface area contributed by atoms with Crippen LogP contribution in [0.2, 0.25) is 0 Å². The van der Waals surface area contributed by atoms with Crippen LogP contribution in [0.5, 0.6) is 0 Å². The van der Waals surface area contributed by atoms with Gasteiger partial charge in [-0.2, -0.15) is 0 Å². The van der Waals surface area contributed by atoms with Crippen molar-refractivity contribution >= 4 is 9.04 Å². The van der Waals surface area contributed by atoms with E-state index in [1.54, 1.807) is 14.2 Å². The first-order valence-electron chi connectivity index (χ1n) is 3.44. The number of hydrogen-bond acceptors (Lipinski definition) is 3. The number of hydrogen-bond donors (Lipinski definition) is 0. The van der Waals surface area contributed by atoms with Gasteiger partial charge in [-0.05, 0) is 6.92 Å². The molecule has 3 nitrogen and oxygen atoms in total. The molecule has 0 aliphatic carbocycles. The molecule has 0 rings (SSSR count). The van der Waals surface area contributed by atoms with E-state index in [1.807, 2.05) is 6.92 Å². The van der Waals surface area contributed by atoms with Gasteiger partial charge in [-0.25, -0.2) is 0 Å². The van der Waals surface area contributed by atoms with E-state index in [0.717, 1.165) is 19.1 Å². The Kier molecular flexibility index (Phi) is 7.28. The van der Waals surface area contributed by atoms with Gasteiger partial charge in [-0.3, -0.25) is 0 Å². The van der Waals surface area contributed by atoms with Crippen molar-refractivity contribution in [2.24, 2.45) is 0 Å². The van der Waals surface area contributed by atoms with E-state index in [1.165, 1.54) is 0 Å². The first-order valence-corrected chi connectivity index (χ1v) is 5.55. The van der Waals surface area contributed by atoms with Crippen LogP contribution in [0, 0.1) is 0 Å². The normalized spacial score (nSPS) is 10.8. The molecule has 0 radical (unpaired) electrons. The molecule has 0 saturated carbocycles. The van der Waals surface area contributed by atoms with E-state index in [0.29, 0.717) is 0 Å². The van der Waals surface area contributed by atoms with E-state index in [-0.39, 0.29) is 0 Å². The van der Waals surface area contributed by atoms with Gasteiger partial charge in [-0.15, -0.1) is 0 Å². The zero-order valence-electron chi connectivity index (χ0n) is 6.92. The molecular weight excluding hydrogens is 148 g/mol. The number of rotatable bonds is 6. The second-order valence-electron chi connectivity index (χ2n) is 1.99. The van der Waals surface area contributed by atoms with Gasteiger partial charge in [0.05, 0.1) is 12.5 Å². The minimum atomic E-state index is -1.18. The third kappa shape index (κ3) is 4.93. The Labute approximate surface area is 64.0 Å². The first-order chi connectivity index (χ1) is 4.85. The van der Waals surface area contributed by atoms with Crippen molar-refractivity contribution in [3.05, 3.63) is 0 Å². The molecule has 0 atom stereocenters. The predicted molar refractivity (Wildman–Crippen MR) is 42.5 cm³/mol. The molecule has 0 aromatic rings. The average molecular weight is 164 g/mol. The van der Waals surface area contributed by atoms with Crippen LogP contribution in [0.3, 0.4) is 0 Å². The topological polar surface area (TPSA) is 27.7 Å². The predicted octanol–water partition coefficient (Wildman–Crippen LogP) is 0.118. The van der Waals surface area contributed by atoms with Gasteiger partial charge in [0, 0.05) is 20.8 Å². The fourth-order valence-electron chi connectivity index (χ4n) is 0.752. The van der Waals surface area contributed by atoms with Crippen molar-refractivity contribution in [2.45, 2.75) is 6.92 Å². The minimum absolute atomic E-state index is 0.738. The van der Waals surface area contributed by atoms with E-state index >= 15 is 0 Å². The van der Waals surface area contributed by atoms with E-state index in [2.05, 4.69) is 0 Å². The van der Waals surface area contributed by atoms with Crippen LogP contribution in [-0.2, 0) is 13.9 Å². The zero-order valence-corrected chi connectivity index (χ0v) is 8.08. The highest BCUT2D eigenvalue weighted by atomic mass is 28.3. The Morgan fingerprint density at radius 3 is 1.90 bits per heavy atom. The van der Waals surface area contributed by atoms with E-state index in [4.69, 9.17) is 13.9 Å². The molecule has 0 N–H and O–H groups in total. The minimum Gasteiger partial charge on any atom is -0.416 e. The van der Waals surface area contributed by atoms with Gasteiger partial charge in [0.1, 0.15) is 0 Å². The summed E-state index contributed by atoms with van der Waals surface area (Å²) >= 11 is 0. The SMILES string of the molecule is CCO[SiH](COC)COC. The van der Waals surface area contributed by atoms with Crippen LogP contribution in [0.15, 0.2) is 0 Å². The summed E-state index contributed by atoms with van der Waals surface area (Å²) in [7, 11) is 2.20. The summed E-state index contributed by atoms with van der Waals surface area (Å²) in [6, 6.07) is 0. The average Bonchev–Trinajstić information content (AvgIpc) is 1.90. The lowest BCUT2D eigenvalue weighted by Crippen LogP contribution is -2.30. The van der Waals surface area contributed by atoms with Crippen LogP contribution in [-0.4, -0.2) is 42.3 Å². The van der Waals surface area contributed by atoms with Gasteiger partial charge in [-0.1, -0.05) is 0 Å². The summed E-state index contributed by atoms with van der Waals surface area (Å²) < 4.78 is 15.3. The Balaban J connectivity index is 3.30. The van der Waals surface area contributed by atoms with Crippen molar-refractivity contribution in [2.75, 3.05) is 33.3 Å². The Morgan fingerprint density at radius 1 is 1.10 bits per heavy atom. The molecule has 0 aromatic heterocycles. The molecule has 0 amide bonds. The van der Waals surface area contributed by atoms with Gasteiger partial charge < -0.3 is 13.9 Å². The fourth-order valence-corrected chi connectivity index (χ4v) is 2.26. The van der Waals surface area contributed by atoms with Gasteiger partial charge in [0.25, 0.3) is 0 Å². The fraction of sp³-hybridized carbons (Fsp3) is 1.00. The van der Waals surface area contributed by atoms with Crippen molar-refractivity contribution in [3.8, 4) is 0 Å². The second kappa shape index (κ2) is 7.21. The Morgan fingerprint density at radius 2 is 1.60 bits per heavy atom. The third-order valence-corrected chi connectivity index (χ3v) is 3.32. The molecule has 0 aliphatic rings. The lowest BCUT2D eigenvalue weighted by Gasteiger charge is -2.12. The smallest absolute Gasteiger partial charge is 0.227 e. The Hall–Kier alpha value is 0.0969. The molecule has 62 valence electrons. The molecule has 0 fully saturated rings. The highest BCUT2D eigenvalue weighted by Crippen LogP contribution is 1.87. The van der Waals surface area contributed by atoms with Crippen molar-refractivity contribution in [3.63, 3.8) is 0 Å². The zero-order chi connectivity index (χ0) is 7.82. The van der Waals surface area contributed by atoms with Crippen molar-refractivity contribution in [1.29, 1.82) is 0 Å². The maximum Gasteiger partial charge on any atom is 0.227 e. The van der Waals surface area contributed by atoms with E-state index in [9.17, 15) is 0 Å². The Bertz CT molecular complexity index is 55.7. The number of ether oxygens (including phenoxy) is 2. The largest absolute Gasteiger partial charge is 0.416 e. The van der Waals surface area contributed by atoms with Crippen molar-refractivity contribution < 1.29 is 13.9 Å². The van der Waals surface area contributed by atoms with Crippen LogP contribution >= 0.6 is 0 Å². The summed E-state index contributed by atoms with van der Waals surface area (Å²) in [5, 5.41) is 0. The van der Waals surface area contributed by atoms with Crippen LogP contribution in [0.25, 0.3) is 0 Å². The molecular formula is C6H16O3Si. The highest BCUT2D eigenvalue weighted by molar-refractivity contribution is 6.51.